The van der Waals surface area contributed by atoms with Gasteiger partial charge in [0.05, 0.1) is 6.61 Å². The summed E-state index contributed by atoms with van der Waals surface area (Å²) in [5, 5.41) is 0. The van der Waals surface area contributed by atoms with Gasteiger partial charge in [0.25, 0.3) is 0 Å². The van der Waals surface area contributed by atoms with Gasteiger partial charge in [-0.05, 0) is 36.7 Å². The first-order chi connectivity index (χ1) is 11.7. The van der Waals surface area contributed by atoms with Gasteiger partial charge >= 0.3 is 6.16 Å². The smallest absolute Gasteiger partial charge is 0.497 e. The van der Waals surface area contributed by atoms with Crippen molar-refractivity contribution in [1.29, 1.82) is 0 Å². The van der Waals surface area contributed by atoms with E-state index in [1.165, 1.54) is 6.08 Å². The minimum Gasteiger partial charge on any atom is -0.497 e. The second kappa shape index (κ2) is 9.50. The fourth-order valence-corrected chi connectivity index (χ4v) is 2.66. The highest BCUT2D eigenvalue weighted by Gasteiger charge is 2.33. The average molecular weight is 348 g/mol. The molecule has 1 aliphatic rings. The van der Waals surface area contributed by atoms with Crippen LogP contribution < -0.4 is 0 Å². The molecule has 0 radical (unpaired) electrons. The van der Waals surface area contributed by atoms with Crippen molar-refractivity contribution in [2.75, 3.05) is 13.2 Å². The second-order valence-electron chi connectivity index (χ2n) is 7.63. The lowest BCUT2D eigenvalue weighted by molar-refractivity contribution is 0.0837. The molecule has 0 aromatic carbocycles. The van der Waals surface area contributed by atoms with Gasteiger partial charge in [-0.15, -0.1) is 6.58 Å². The third kappa shape index (κ3) is 7.20. The van der Waals surface area contributed by atoms with Gasteiger partial charge in [-0.25, -0.2) is 4.79 Å². The maximum atomic E-state index is 11.9. The molecule has 0 aromatic heterocycles. The number of carbonyl (C=O) groups excluding carboxylic acids is 1. The van der Waals surface area contributed by atoms with Crippen LogP contribution in [0.15, 0.2) is 48.0 Å². The van der Waals surface area contributed by atoms with Gasteiger partial charge in [-0.3, -0.25) is 0 Å². The summed E-state index contributed by atoms with van der Waals surface area (Å²) in [6.07, 6.45) is 5.04. The monoisotopic (exact) mass is 348 g/mol. The molecule has 0 unspecified atom stereocenters. The summed E-state index contributed by atoms with van der Waals surface area (Å²) in [5.41, 5.74) is 2.02. The molecule has 0 aliphatic heterocycles. The predicted octanol–water partition coefficient (Wildman–Crippen LogP) is 5.92. The lowest BCUT2D eigenvalue weighted by Crippen LogP contribution is -2.24. The highest BCUT2D eigenvalue weighted by molar-refractivity contribution is 5.62. The van der Waals surface area contributed by atoms with Crippen LogP contribution in [-0.4, -0.2) is 19.4 Å². The predicted molar refractivity (Wildman–Crippen MR) is 101 cm³/mol. The molecule has 1 rings (SSSR count). The van der Waals surface area contributed by atoms with E-state index in [-0.39, 0.29) is 12.0 Å². The molecule has 0 spiro atoms. The zero-order valence-electron chi connectivity index (χ0n) is 16.3. The summed E-state index contributed by atoms with van der Waals surface area (Å²) in [5.74, 6) is 1.80. The standard InChI is InChI=1S/C21H32O4/c1-8-11-23-20(22)25-19-12-17(24-14-16(4)5)13-21(6,7)18(19)10-9-15(2)3/h8,12,16H,1-2,9-11,13-14H2,3-7H3. The molecule has 0 aromatic rings. The molecular weight excluding hydrogens is 316 g/mol. The van der Waals surface area contributed by atoms with Crippen LogP contribution in [0.3, 0.4) is 0 Å². The molecule has 0 heterocycles. The van der Waals surface area contributed by atoms with Gasteiger partial charge in [-0.1, -0.05) is 45.9 Å². The molecule has 4 heteroatoms. The summed E-state index contributed by atoms with van der Waals surface area (Å²) < 4.78 is 16.4. The van der Waals surface area contributed by atoms with Gasteiger partial charge in [0.1, 0.15) is 18.1 Å². The minimum atomic E-state index is -0.722. The van der Waals surface area contributed by atoms with Crippen LogP contribution in [-0.2, 0) is 14.2 Å². The summed E-state index contributed by atoms with van der Waals surface area (Å²) in [4.78, 5) is 11.9. The SMILES string of the molecule is C=CCOC(=O)OC1=C(CCC(=C)C)C(C)(C)CC(OCC(C)C)=C1. The molecule has 140 valence electrons. The van der Waals surface area contributed by atoms with Crippen molar-refractivity contribution < 1.29 is 19.0 Å². The Morgan fingerprint density at radius 3 is 2.64 bits per heavy atom. The molecule has 0 amide bonds. The molecular formula is C21H32O4. The zero-order chi connectivity index (χ0) is 19.0. The Bertz CT molecular complexity index is 564. The van der Waals surface area contributed by atoms with Crippen molar-refractivity contribution in [3.05, 3.63) is 48.0 Å². The molecule has 0 atom stereocenters. The van der Waals surface area contributed by atoms with Crippen molar-refractivity contribution in [2.45, 2.75) is 53.9 Å². The first kappa shape index (κ1) is 21.1. The lowest BCUT2D eigenvalue weighted by atomic mass is 9.74. The van der Waals surface area contributed by atoms with E-state index in [2.05, 4.69) is 40.9 Å². The quantitative estimate of drug-likeness (QED) is 0.383. The Morgan fingerprint density at radius 2 is 2.08 bits per heavy atom. The van der Waals surface area contributed by atoms with Crippen LogP contribution in [0.25, 0.3) is 0 Å². The Kier molecular flexibility index (Phi) is 8.01. The van der Waals surface area contributed by atoms with Gasteiger partial charge in [-0.2, -0.15) is 0 Å². The topological polar surface area (TPSA) is 44.8 Å². The van der Waals surface area contributed by atoms with Crippen molar-refractivity contribution in [3.63, 3.8) is 0 Å². The number of carbonyl (C=O) groups is 1. The summed E-state index contributed by atoms with van der Waals surface area (Å²) >= 11 is 0. The Labute approximate surface area is 152 Å². The Balaban J connectivity index is 3.08. The van der Waals surface area contributed by atoms with Crippen LogP contribution in [0.2, 0.25) is 0 Å². The van der Waals surface area contributed by atoms with Crippen molar-refractivity contribution >= 4 is 6.16 Å². The summed E-state index contributed by atoms with van der Waals surface area (Å²) in [7, 11) is 0. The van der Waals surface area contributed by atoms with Crippen molar-refractivity contribution in [3.8, 4) is 0 Å². The third-order valence-corrected chi connectivity index (χ3v) is 3.94. The average Bonchev–Trinajstić information content (AvgIpc) is 2.49. The van der Waals surface area contributed by atoms with Gasteiger partial charge in [0, 0.05) is 12.5 Å². The number of hydrogen-bond donors (Lipinski definition) is 0. The minimum absolute atomic E-state index is 0.122. The Hall–Kier alpha value is -1.97. The fourth-order valence-electron chi connectivity index (χ4n) is 2.66. The van der Waals surface area contributed by atoms with Gasteiger partial charge in [0.15, 0.2) is 0 Å². The first-order valence-electron chi connectivity index (χ1n) is 8.82. The van der Waals surface area contributed by atoms with E-state index in [4.69, 9.17) is 14.2 Å². The molecule has 0 fully saturated rings. The lowest BCUT2D eigenvalue weighted by Gasteiger charge is -2.34. The maximum absolute atomic E-state index is 11.9. The van der Waals surface area contributed by atoms with E-state index in [9.17, 15) is 4.79 Å². The molecule has 0 N–H and O–H groups in total. The second-order valence-corrected chi connectivity index (χ2v) is 7.63. The van der Waals surface area contributed by atoms with E-state index in [0.717, 1.165) is 36.2 Å². The van der Waals surface area contributed by atoms with Crippen LogP contribution in [0.4, 0.5) is 4.79 Å². The number of hydrogen-bond acceptors (Lipinski definition) is 4. The van der Waals surface area contributed by atoms with E-state index in [1.807, 2.05) is 13.0 Å². The third-order valence-electron chi connectivity index (χ3n) is 3.94. The number of rotatable bonds is 9. The molecule has 25 heavy (non-hydrogen) atoms. The fraction of sp³-hybridized carbons (Fsp3) is 0.571. The first-order valence-corrected chi connectivity index (χ1v) is 8.82. The van der Waals surface area contributed by atoms with Crippen molar-refractivity contribution in [2.24, 2.45) is 11.3 Å². The molecule has 4 nitrogen and oxygen atoms in total. The largest absolute Gasteiger partial charge is 0.514 e. The maximum Gasteiger partial charge on any atom is 0.514 e. The number of ether oxygens (including phenoxy) is 3. The van der Waals surface area contributed by atoms with E-state index in [0.29, 0.717) is 18.3 Å². The van der Waals surface area contributed by atoms with Crippen LogP contribution in [0, 0.1) is 11.3 Å². The van der Waals surface area contributed by atoms with Crippen LogP contribution in [0.5, 0.6) is 0 Å². The van der Waals surface area contributed by atoms with Crippen molar-refractivity contribution in [1.82, 2.24) is 0 Å². The molecule has 1 aliphatic carbocycles. The summed E-state index contributed by atoms with van der Waals surface area (Å²) in [6.45, 7) is 18.8. The van der Waals surface area contributed by atoms with Crippen LogP contribution in [0.1, 0.15) is 53.9 Å². The van der Waals surface area contributed by atoms with E-state index >= 15 is 0 Å². The van der Waals surface area contributed by atoms with Gasteiger partial charge in [0.2, 0.25) is 0 Å². The summed E-state index contributed by atoms with van der Waals surface area (Å²) in [6, 6.07) is 0. The highest BCUT2D eigenvalue weighted by atomic mass is 16.7. The van der Waals surface area contributed by atoms with E-state index < -0.39 is 6.16 Å². The highest BCUT2D eigenvalue weighted by Crippen LogP contribution is 2.43. The Morgan fingerprint density at radius 1 is 1.40 bits per heavy atom. The molecule has 0 saturated heterocycles. The van der Waals surface area contributed by atoms with Crippen LogP contribution >= 0.6 is 0 Å². The molecule has 0 bridgehead atoms. The normalized spacial score (nSPS) is 16.3. The zero-order valence-corrected chi connectivity index (χ0v) is 16.3. The van der Waals surface area contributed by atoms with Gasteiger partial charge < -0.3 is 14.2 Å². The molecule has 0 saturated carbocycles. The number of allylic oxidation sites excluding steroid dienone is 4. The van der Waals surface area contributed by atoms with E-state index in [1.54, 1.807) is 0 Å².